The minimum absolute atomic E-state index is 0.306. The summed E-state index contributed by atoms with van der Waals surface area (Å²) in [5, 5.41) is 3.76. The summed E-state index contributed by atoms with van der Waals surface area (Å²) >= 11 is 6.00. The van der Waals surface area contributed by atoms with Gasteiger partial charge in [0.15, 0.2) is 0 Å². The number of nitrogens with one attached hydrogen (secondary N) is 1. The van der Waals surface area contributed by atoms with E-state index in [0.717, 1.165) is 29.1 Å². The van der Waals surface area contributed by atoms with Crippen LogP contribution in [-0.2, 0) is 13.2 Å². The molecule has 0 aliphatic carbocycles. The van der Waals surface area contributed by atoms with Crippen LogP contribution in [0, 0.1) is 12.7 Å². The summed E-state index contributed by atoms with van der Waals surface area (Å²) in [5.74, 6) is 0.402. The Morgan fingerprint density at radius 2 is 1.68 bits per heavy atom. The predicted octanol–water partition coefficient (Wildman–Crippen LogP) is 5.98. The summed E-state index contributed by atoms with van der Waals surface area (Å²) in [6.45, 7) is 3.12. The Labute approximate surface area is 152 Å². The molecule has 1 N–H and O–H groups in total. The molecule has 0 heterocycles. The van der Waals surface area contributed by atoms with Crippen molar-refractivity contribution >= 4 is 17.3 Å². The highest BCUT2D eigenvalue weighted by Crippen LogP contribution is 2.20. The zero-order valence-electron chi connectivity index (χ0n) is 13.9. The van der Waals surface area contributed by atoms with Gasteiger partial charge in [0, 0.05) is 17.8 Å². The molecule has 0 atom stereocenters. The van der Waals surface area contributed by atoms with Crippen LogP contribution in [-0.4, -0.2) is 0 Å². The number of aryl methyl sites for hydroxylation is 1. The Kier molecular flexibility index (Phi) is 5.56. The first-order valence-corrected chi connectivity index (χ1v) is 8.44. The standard InChI is InChI=1S/C21H19ClFNO/c1-15-2-8-19(9-3-15)24-13-16-4-10-20(11-5-16)25-14-17-6-7-18(23)12-21(17)22/h2-12,24H,13-14H2,1H3. The number of anilines is 1. The van der Waals surface area contributed by atoms with Crippen LogP contribution in [0.4, 0.5) is 10.1 Å². The van der Waals surface area contributed by atoms with E-state index >= 15 is 0 Å². The molecule has 2 nitrogen and oxygen atoms in total. The third-order valence-electron chi connectivity index (χ3n) is 3.88. The number of ether oxygens (including phenoxy) is 1. The minimum Gasteiger partial charge on any atom is -0.489 e. The van der Waals surface area contributed by atoms with E-state index in [9.17, 15) is 4.39 Å². The molecule has 25 heavy (non-hydrogen) atoms. The monoisotopic (exact) mass is 355 g/mol. The van der Waals surface area contributed by atoms with Gasteiger partial charge >= 0.3 is 0 Å². The highest BCUT2D eigenvalue weighted by Gasteiger charge is 2.03. The van der Waals surface area contributed by atoms with Crippen molar-refractivity contribution in [2.24, 2.45) is 0 Å². The lowest BCUT2D eigenvalue weighted by Gasteiger charge is -2.10. The van der Waals surface area contributed by atoms with E-state index in [-0.39, 0.29) is 5.82 Å². The summed E-state index contributed by atoms with van der Waals surface area (Å²) in [4.78, 5) is 0. The molecule has 3 aromatic carbocycles. The van der Waals surface area contributed by atoms with E-state index < -0.39 is 0 Å². The second kappa shape index (κ2) is 8.04. The Morgan fingerprint density at radius 1 is 0.960 bits per heavy atom. The van der Waals surface area contributed by atoms with Crippen LogP contribution < -0.4 is 10.1 Å². The first kappa shape index (κ1) is 17.3. The number of rotatable bonds is 6. The van der Waals surface area contributed by atoms with Crippen LogP contribution in [0.3, 0.4) is 0 Å². The molecule has 0 radical (unpaired) electrons. The molecular formula is C21H19ClFNO. The third kappa shape index (κ3) is 4.97. The fourth-order valence-electron chi connectivity index (χ4n) is 2.38. The van der Waals surface area contributed by atoms with Crippen LogP contribution in [0.5, 0.6) is 5.75 Å². The average Bonchev–Trinajstić information content (AvgIpc) is 2.61. The molecule has 0 spiro atoms. The van der Waals surface area contributed by atoms with Gasteiger partial charge in [-0.15, -0.1) is 0 Å². The van der Waals surface area contributed by atoms with Crippen molar-refractivity contribution < 1.29 is 9.13 Å². The lowest BCUT2D eigenvalue weighted by Crippen LogP contribution is -2.00. The molecule has 128 valence electrons. The zero-order valence-corrected chi connectivity index (χ0v) is 14.7. The van der Waals surface area contributed by atoms with Gasteiger partial charge in [-0.1, -0.05) is 47.5 Å². The first-order chi connectivity index (χ1) is 12.1. The van der Waals surface area contributed by atoms with E-state index in [2.05, 4.69) is 36.5 Å². The number of hydrogen-bond donors (Lipinski definition) is 1. The highest BCUT2D eigenvalue weighted by molar-refractivity contribution is 6.31. The Bertz CT molecular complexity index is 832. The first-order valence-electron chi connectivity index (χ1n) is 8.06. The van der Waals surface area contributed by atoms with Gasteiger partial charge in [0.1, 0.15) is 18.2 Å². The van der Waals surface area contributed by atoms with E-state index in [1.165, 1.54) is 17.7 Å². The fourth-order valence-corrected chi connectivity index (χ4v) is 2.60. The largest absolute Gasteiger partial charge is 0.489 e. The van der Waals surface area contributed by atoms with Crippen LogP contribution >= 0.6 is 11.6 Å². The van der Waals surface area contributed by atoms with Crippen LogP contribution in [0.25, 0.3) is 0 Å². The minimum atomic E-state index is -0.348. The average molecular weight is 356 g/mol. The summed E-state index contributed by atoms with van der Waals surface area (Å²) < 4.78 is 18.8. The molecule has 3 aromatic rings. The van der Waals surface area contributed by atoms with Crippen molar-refractivity contribution in [3.8, 4) is 5.75 Å². The molecular weight excluding hydrogens is 337 g/mol. The maximum Gasteiger partial charge on any atom is 0.124 e. The molecule has 0 aliphatic rings. The zero-order chi connectivity index (χ0) is 17.6. The van der Waals surface area contributed by atoms with E-state index in [1.54, 1.807) is 6.07 Å². The molecule has 0 amide bonds. The molecule has 0 fully saturated rings. The van der Waals surface area contributed by atoms with Crippen LogP contribution in [0.2, 0.25) is 5.02 Å². The predicted molar refractivity (Wildman–Crippen MR) is 101 cm³/mol. The van der Waals surface area contributed by atoms with Crippen molar-refractivity contribution in [3.63, 3.8) is 0 Å². The van der Waals surface area contributed by atoms with Gasteiger partial charge in [-0.3, -0.25) is 0 Å². The van der Waals surface area contributed by atoms with Gasteiger partial charge in [-0.25, -0.2) is 4.39 Å². The molecule has 3 rings (SSSR count). The summed E-state index contributed by atoms with van der Waals surface area (Å²) in [5.41, 5.74) is 4.26. The second-order valence-electron chi connectivity index (χ2n) is 5.89. The van der Waals surface area contributed by atoms with Crippen molar-refractivity contribution in [2.45, 2.75) is 20.1 Å². The lowest BCUT2D eigenvalue weighted by molar-refractivity contribution is 0.306. The van der Waals surface area contributed by atoms with Gasteiger partial charge in [0.25, 0.3) is 0 Å². The van der Waals surface area contributed by atoms with E-state index in [1.807, 2.05) is 24.3 Å². The number of hydrogen-bond acceptors (Lipinski definition) is 2. The van der Waals surface area contributed by atoms with Crippen molar-refractivity contribution in [2.75, 3.05) is 5.32 Å². The molecule has 0 bridgehead atoms. The summed E-state index contributed by atoms with van der Waals surface area (Å²) in [7, 11) is 0. The van der Waals surface area contributed by atoms with Crippen LogP contribution in [0.1, 0.15) is 16.7 Å². The van der Waals surface area contributed by atoms with Gasteiger partial charge in [-0.2, -0.15) is 0 Å². The Morgan fingerprint density at radius 3 is 2.36 bits per heavy atom. The molecule has 0 aliphatic heterocycles. The topological polar surface area (TPSA) is 21.3 Å². The Balaban J connectivity index is 1.54. The van der Waals surface area contributed by atoms with E-state index in [0.29, 0.717) is 11.6 Å². The maximum absolute atomic E-state index is 13.0. The second-order valence-corrected chi connectivity index (χ2v) is 6.30. The molecule has 0 saturated heterocycles. The smallest absolute Gasteiger partial charge is 0.124 e. The number of benzene rings is 3. The fraction of sp³-hybridized carbons (Fsp3) is 0.143. The number of halogens is 2. The lowest BCUT2D eigenvalue weighted by atomic mass is 10.2. The van der Waals surface area contributed by atoms with Crippen molar-refractivity contribution in [1.29, 1.82) is 0 Å². The normalized spacial score (nSPS) is 10.5. The van der Waals surface area contributed by atoms with Crippen molar-refractivity contribution in [3.05, 3.63) is 94.3 Å². The molecule has 0 saturated carbocycles. The van der Waals surface area contributed by atoms with Gasteiger partial charge in [0.05, 0.1) is 5.02 Å². The van der Waals surface area contributed by atoms with Gasteiger partial charge < -0.3 is 10.1 Å². The van der Waals surface area contributed by atoms with E-state index in [4.69, 9.17) is 16.3 Å². The SMILES string of the molecule is Cc1ccc(NCc2ccc(OCc3ccc(F)cc3Cl)cc2)cc1. The molecule has 0 aromatic heterocycles. The summed E-state index contributed by atoms with van der Waals surface area (Å²) in [6.07, 6.45) is 0. The Hall–Kier alpha value is -2.52. The summed E-state index contributed by atoms with van der Waals surface area (Å²) in [6, 6.07) is 20.5. The van der Waals surface area contributed by atoms with Gasteiger partial charge in [-0.05, 0) is 48.9 Å². The van der Waals surface area contributed by atoms with Crippen LogP contribution in [0.15, 0.2) is 66.7 Å². The van der Waals surface area contributed by atoms with Gasteiger partial charge in [0.2, 0.25) is 0 Å². The molecule has 0 unspecified atom stereocenters. The highest BCUT2D eigenvalue weighted by atomic mass is 35.5. The maximum atomic E-state index is 13.0. The van der Waals surface area contributed by atoms with Crippen molar-refractivity contribution in [1.82, 2.24) is 0 Å². The molecule has 4 heteroatoms. The third-order valence-corrected chi connectivity index (χ3v) is 4.23. The quantitative estimate of drug-likeness (QED) is 0.587.